The van der Waals surface area contributed by atoms with Gasteiger partial charge in [0.05, 0.1) is 0 Å². The number of aryl methyl sites for hydroxylation is 1. The second kappa shape index (κ2) is 7.58. The summed E-state index contributed by atoms with van der Waals surface area (Å²) in [5.74, 6) is 0.922. The lowest BCUT2D eigenvalue weighted by molar-refractivity contribution is 0.0970. The van der Waals surface area contributed by atoms with Gasteiger partial charge in [0.25, 0.3) is 0 Å². The van der Waals surface area contributed by atoms with Crippen molar-refractivity contribution in [2.45, 2.75) is 33.1 Å². The summed E-state index contributed by atoms with van der Waals surface area (Å²) in [6.45, 7) is 4.00. The molecule has 0 bridgehead atoms. The number of rotatable bonds is 3. The quantitative estimate of drug-likeness (QED) is 0.926. The van der Waals surface area contributed by atoms with Gasteiger partial charge in [-0.3, -0.25) is 9.59 Å². The molecule has 0 radical (unpaired) electrons. The zero-order valence-electron chi connectivity index (χ0n) is 13.5. The van der Waals surface area contributed by atoms with Gasteiger partial charge in [-0.05, 0) is 54.8 Å². The van der Waals surface area contributed by atoms with Gasteiger partial charge in [-0.25, -0.2) is 0 Å². The van der Waals surface area contributed by atoms with Crippen LogP contribution in [0.4, 0.5) is 0 Å². The molecule has 1 aliphatic rings. The maximum atomic E-state index is 11.9. The van der Waals surface area contributed by atoms with Crippen molar-refractivity contribution < 1.29 is 14.3 Å². The van der Waals surface area contributed by atoms with E-state index in [1.54, 1.807) is 30.3 Å². The molecule has 1 amide bonds. The Labute approximate surface area is 136 Å². The Bertz CT molecular complexity index is 705. The standard InChI is InChI=1S/C17H15NO3.C2H6/c18-17(20)12-5-7-13(8-6-12)21-14-9-4-11-2-1-3-16(19)15(11)10-14;1-2/h4-10H,1-3H2,(H2,18,20);1-2H3. The highest BCUT2D eigenvalue weighted by Crippen LogP contribution is 2.28. The van der Waals surface area contributed by atoms with E-state index in [0.29, 0.717) is 23.5 Å². The number of ketones is 1. The van der Waals surface area contributed by atoms with Crippen molar-refractivity contribution in [3.8, 4) is 11.5 Å². The van der Waals surface area contributed by atoms with Crippen LogP contribution in [-0.2, 0) is 6.42 Å². The first-order valence-electron chi connectivity index (χ1n) is 7.87. The highest BCUT2D eigenvalue weighted by molar-refractivity contribution is 5.98. The van der Waals surface area contributed by atoms with E-state index < -0.39 is 5.91 Å². The molecule has 0 spiro atoms. The van der Waals surface area contributed by atoms with E-state index in [9.17, 15) is 9.59 Å². The molecule has 0 fully saturated rings. The molecule has 4 nitrogen and oxygen atoms in total. The fourth-order valence-electron chi connectivity index (χ4n) is 2.49. The van der Waals surface area contributed by atoms with Crippen LogP contribution >= 0.6 is 0 Å². The Morgan fingerprint density at radius 3 is 2.30 bits per heavy atom. The van der Waals surface area contributed by atoms with E-state index in [4.69, 9.17) is 10.5 Å². The molecule has 0 saturated heterocycles. The molecule has 4 heteroatoms. The predicted octanol–water partition coefficient (Wildman–Crippen LogP) is 4.12. The summed E-state index contributed by atoms with van der Waals surface area (Å²) in [6, 6.07) is 12.2. The Morgan fingerprint density at radius 2 is 1.65 bits per heavy atom. The minimum atomic E-state index is -0.471. The first-order chi connectivity index (χ1) is 11.1. The van der Waals surface area contributed by atoms with Crippen LogP contribution in [0.15, 0.2) is 42.5 Å². The number of primary amides is 1. The van der Waals surface area contributed by atoms with E-state index >= 15 is 0 Å². The molecule has 120 valence electrons. The average molecular weight is 311 g/mol. The summed E-state index contributed by atoms with van der Waals surface area (Å²) in [4.78, 5) is 22.9. The number of nitrogens with two attached hydrogens (primary N) is 1. The van der Waals surface area contributed by atoms with Crippen molar-refractivity contribution >= 4 is 11.7 Å². The van der Waals surface area contributed by atoms with E-state index in [0.717, 1.165) is 24.0 Å². The van der Waals surface area contributed by atoms with Crippen LogP contribution in [0.3, 0.4) is 0 Å². The normalized spacial score (nSPS) is 12.7. The fraction of sp³-hybridized carbons (Fsp3) is 0.263. The van der Waals surface area contributed by atoms with Gasteiger partial charge >= 0.3 is 0 Å². The summed E-state index contributed by atoms with van der Waals surface area (Å²) in [7, 11) is 0. The summed E-state index contributed by atoms with van der Waals surface area (Å²) >= 11 is 0. The van der Waals surface area contributed by atoms with Crippen molar-refractivity contribution in [3.63, 3.8) is 0 Å². The van der Waals surface area contributed by atoms with E-state index in [2.05, 4.69) is 0 Å². The van der Waals surface area contributed by atoms with Gasteiger partial charge in [-0.2, -0.15) is 0 Å². The third-order valence-electron chi connectivity index (χ3n) is 3.61. The highest BCUT2D eigenvalue weighted by atomic mass is 16.5. The minimum absolute atomic E-state index is 0.172. The van der Waals surface area contributed by atoms with Crippen LogP contribution in [0.25, 0.3) is 0 Å². The van der Waals surface area contributed by atoms with Gasteiger partial charge < -0.3 is 10.5 Å². The van der Waals surface area contributed by atoms with Gasteiger partial charge in [0.2, 0.25) is 5.91 Å². The van der Waals surface area contributed by atoms with Gasteiger partial charge in [0.1, 0.15) is 11.5 Å². The van der Waals surface area contributed by atoms with Crippen molar-refractivity contribution in [3.05, 3.63) is 59.2 Å². The largest absolute Gasteiger partial charge is 0.457 e. The molecular weight excluding hydrogens is 290 g/mol. The van der Waals surface area contributed by atoms with Gasteiger partial charge in [0.15, 0.2) is 5.78 Å². The van der Waals surface area contributed by atoms with Crippen LogP contribution in [0, 0.1) is 0 Å². The van der Waals surface area contributed by atoms with E-state index in [1.165, 1.54) is 0 Å². The number of hydrogen-bond donors (Lipinski definition) is 1. The summed E-state index contributed by atoms with van der Waals surface area (Å²) < 4.78 is 5.72. The molecule has 23 heavy (non-hydrogen) atoms. The van der Waals surface area contributed by atoms with Crippen molar-refractivity contribution in [1.82, 2.24) is 0 Å². The summed E-state index contributed by atoms with van der Waals surface area (Å²) in [5.41, 5.74) is 7.47. The molecule has 1 aliphatic carbocycles. The smallest absolute Gasteiger partial charge is 0.248 e. The number of amides is 1. The van der Waals surface area contributed by atoms with Crippen LogP contribution in [0.5, 0.6) is 11.5 Å². The maximum absolute atomic E-state index is 11.9. The third kappa shape index (κ3) is 3.97. The first-order valence-corrected chi connectivity index (χ1v) is 7.87. The summed E-state index contributed by atoms with van der Waals surface area (Å²) in [5, 5.41) is 0. The van der Waals surface area contributed by atoms with E-state index in [-0.39, 0.29) is 5.78 Å². The molecule has 2 aromatic carbocycles. The summed E-state index contributed by atoms with van der Waals surface area (Å²) in [6.07, 6.45) is 2.46. The number of carbonyl (C=O) groups excluding carboxylic acids is 2. The second-order valence-electron chi connectivity index (χ2n) is 5.09. The SMILES string of the molecule is CC.NC(=O)c1ccc(Oc2ccc3c(c2)C(=O)CCC3)cc1. The zero-order chi connectivity index (χ0) is 16.8. The number of ether oxygens (including phenoxy) is 1. The molecule has 0 saturated carbocycles. The van der Waals surface area contributed by atoms with E-state index in [1.807, 2.05) is 26.0 Å². The molecule has 3 rings (SSSR count). The monoisotopic (exact) mass is 311 g/mol. The highest BCUT2D eigenvalue weighted by Gasteiger charge is 2.17. The van der Waals surface area contributed by atoms with Gasteiger partial charge in [-0.1, -0.05) is 19.9 Å². The Hall–Kier alpha value is -2.62. The fourth-order valence-corrected chi connectivity index (χ4v) is 2.49. The van der Waals surface area contributed by atoms with Crippen LogP contribution < -0.4 is 10.5 Å². The van der Waals surface area contributed by atoms with Crippen molar-refractivity contribution in [2.75, 3.05) is 0 Å². The third-order valence-corrected chi connectivity index (χ3v) is 3.61. The van der Waals surface area contributed by atoms with Gasteiger partial charge in [-0.15, -0.1) is 0 Å². The molecule has 0 atom stereocenters. The van der Waals surface area contributed by atoms with Crippen molar-refractivity contribution in [2.24, 2.45) is 5.73 Å². The number of fused-ring (bicyclic) bond motifs is 1. The van der Waals surface area contributed by atoms with Crippen LogP contribution in [0.2, 0.25) is 0 Å². The van der Waals surface area contributed by atoms with Crippen LogP contribution in [-0.4, -0.2) is 11.7 Å². The lowest BCUT2D eigenvalue weighted by Gasteiger charge is -2.15. The molecule has 0 heterocycles. The molecule has 2 N–H and O–H groups in total. The molecule has 0 aromatic heterocycles. The van der Waals surface area contributed by atoms with Crippen LogP contribution in [0.1, 0.15) is 53.0 Å². The lowest BCUT2D eigenvalue weighted by Crippen LogP contribution is -2.10. The molecule has 0 unspecified atom stereocenters. The Morgan fingerprint density at radius 1 is 1.00 bits per heavy atom. The number of hydrogen-bond acceptors (Lipinski definition) is 3. The number of Topliss-reactive ketones (excluding diaryl/α,β-unsaturated/α-hetero) is 1. The topological polar surface area (TPSA) is 69.4 Å². The van der Waals surface area contributed by atoms with Crippen molar-refractivity contribution in [1.29, 1.82) is 0 Å². The second-order valence-corrected chi connectivity index (χ2v) is 5.09. The lowest BCUT2D eigenvalue weighted by atomic mass is 9.90. The molecular formula is C19H21NO3. The Kier molecular flexibility index (Phi) is 5.52. The number of carbonyl (C=O) groups is 2. The molecule has 0 aliphatic heterocycles. The predicted molar refractivity (Wildman–Crippen MR) is 90.1 cm³/mol. The first kappa shape index (κ1) is 16.7. The maximum Gasteiger partial charge on any atom is 0.248 e. The zero-order valence-corrected chi connectivity index (χ0v) is 13.5. The average Bonchev–Trinajstić information content (AvgIpc) is 2.58. The Balaban J connectivity index is 0.000000924. The molecule has 2 aromatic rings. The number of benzene rings is 2. The minimum Gasteiger partial charge on any atom is -0.457 e. The van der Waals surface area contributed by atoms with Gasteiger partial charge in [0, 0.05) is 17.5 Å².